The SMILES string of the molecule is CC(O)c1nc2cc(N)ccc2n1-c1ccn(C)n1. The summed E-state index contributed by atoms with van der Waals surface area (Å²) >= 11 is 0. The fraction of sp³-hybridized carbons (Fsp3) is 0.231. The zero-order valence-corrected chi connectivity index (χ0v) is 10.8. The molecule has 0 radical (unpaired) electrons. The molecule has 0 aliphatic carbocycles. The van der Waals surface area contributed by atoms with E-state index < -0.39 is 6.10 Å². The van der Waals surface area contributed by atoms with Crippen molar-refractivity contribution in [2.45, 2.75) is 13.0 Å². The van der Waals surface area contributed by atoms with Gasteiger partial charge in [0.1, 0.15) is 11.9 Å². The highest BCUT2D eigenvalue weighted by Gasteiger charge is 2.17. The molecule has 98 valence electrons. The van der Waals surface area contributed by atoms with E-state index in [0.717, 1.165) is 16.9 Å². The second-order valence-electron chi connectivity index (χ2n) is 4.58. The van der Waals surface area contributed by atoms with Gasteiger partial charge in [-0.15, -0.1) is 0 Å². The van der Waals surface area contributed by atoms with Crippen LogP contribution < -0.4 is 5.73 Å². The molecule has 3 rings (SSSR count). The van der Waals surface area contributed by atoms with Crippen molar-refractivity contribution in [2.24, 2.45) is 7.05 Å². The molecule has 1 atom stereocenters. The molecule has 0 amide bonds. The average Bonchev–Trinajstić information content (AvgIpc) is 2.91. The van der Waals surface area contributed by atoms with Crippen LogP contribution >= 0.6 is 0 Å². The highest BCUT2D eigenvalue weighted by molar-refractivity contribution is 5.81. The Labute approximate surface area is 110 Å². The maximum absolute atomic E-state index is 9.89. The third kappa shape index (κ3) is 1.86. The van der Waals surface area contributed by atoms with Gasteiger partial charge in [0.15, 0.2) is 5.82 Å². The van der Waals surface area contributed by atoms with E-state index in [0.29, 0.717) is 11.5 Å². The topological polar surface area (TPSA) is 81.9 Å². The molecule has 3 N–H and O–H groups in total. The summed E-state index contributed by atoms with van der Waals surface area (Å²) in [6.07, 6.45) is 1.17. The van der Waals surface area contributed by atoms with Crippen molar-refractivity contribution in [3.63, 3.8) is 0 Å². The standard InChI is InChI=1S/C13H15N5O/c1-8(19)13-15-10-7-9(14)3-4-11(10)18(13)12-5-6-17(2)16-12/h3-8,19H,14H2,1-2H3. The zero-order chi connectivity index (χ0) is 13.6. The number of hydrogen-bond acceptors (Lipinski definition) is 4. The Balaban J connectivity index is 2.34. The minimum absolute atomic E-state index is 0.555. The molecule has 0 saturated carbocycles. The van der Waals surface area contributed by atoms with Gasteiger partial charge < -0.3 is 10.8 Å². The van der Waals surface area contributed by atoms with Crippen LogP contribution in [0.15, 0.2) is 30.5 Å². The van der Waals surface area contributed by atoms with Crippen molar-refractivity contribution in [2.75, 3.05) is 5.73 Å². The Morgan fingerprint density at radius 1 is 1.32 bits per heavy atom. The molecule has 3 aromatic rings. The molecular formula is C13H15N5O. The summed E-state index contributed by atoms with van der Waals surface area (Å²) in [7, 11) is 1.85. The van der Waals surface area contributed by atoms with Crippen molar-refractivity contribution in [3.05, 3.63) is 36.3 Å². The van der Waals surface area contributed by atoms with Gasteiger partial charge in [-0.25, -0.2) is 4.98 Å². The Morgan fingerprint density at radius 2 is 2.11 bits per heavy atom. The number of nitrogens with two attached hydrogens (primary N) is 1. The molecule has 0 spiro atoms. The number of aliphatic hydroxyl groups excluding tert-OH is 1. The van der Waals surface area contributed by atoms with E-state index in [1.165, 1.54) is 0 Å². The van der Waals surface area contributed by atoms with Crippen molar-refractivity contribution in [1.82, 2.24) is 19.3 Å². The predicted octanol–water partition coefficient (Wildman–Crippen LogP) is 1.39. The molecule has 0 aliphatic rings. The molecule has 0 saturated heterocycles. The number of anilines is 1. The Hall–Kier alpha value is -2.34. The summed E-state index contributed by atoms with van der Waals surface area (Å²) in [5, 5.41) is 14.3. The molecular weight excluding hydrogens is 242 g/mol. The van der Waals surface area contributed by atoms with E-state index in [9.17, 15) is 5.11 Å². The van der Waals surface area contributed by atoms with Gasteiger partial charge in [0, 0.05) is 25.0 Å². The monoisotopic (exact) mass is 257 g/mol. The van der Waals surface area contributed by atoms with Crippen molar-refractivity contribution in [3.8, 4) is 5.82 Å². The molecule has 1 aromatic carbocycles. The van der Waals surface area contributed by atoms with E-state index in [1.807, 2.05) is 36.0 Å². The van der Waals surface area contributed by atoms with Gasteiger partial charge >= 0.3 is 0 Å². The number of fused-ring (bicyclic) bond motifs is 1. The summed E-state index contributed by atoms with van der Waals surface area (Å²) in [5.74, 6) is 1.28. The maximum atomic E-state index is 9.89. The van der Waals surface area contributed by atoms with Crippen LogP contribution in [0.5, 0.6) is 0 Å². The number of aromatic nitrogens is 4. The van der Waals surface area contributed by atoms with E-state index >= 15 is 0 Å². The second kappa shape index (κ2) is 4.10. The van der Waals surface area contributed by atoms with Gasteiger partial charge in [-0.2, -0.15) is 5.10 Å². The summed E-state index contributed by atoms with van der Waals surface area (Å²) < 4.78 is 3.56. The first-order chi connectivity index (χ1) is 9.06. The van der Waals surface area contributed by atoms with Crippen LogP contribution in [0.4, 0.5) is 5.69 Å². The smallest absolute Gasteiger partial charge is 0.160 e. The Bertz CT molecular complexity index is 741. The first-order valence-electron chi connectivity index (χ1n) is 6.02. The van der Waals surface area contributed by atoms with Crippen molar-refractivity contribution >= 4 is 16.7 Å². The number of aliphatic hydroxyl groups is 1. The number of nitrogens with zero attached hydrogens (tertiary/aromatic N) is 4. The fourth-order valence-corrected chi connectivity index (χ4v) is 2.16. The third-order valence-corrected chi connectivity index (χ3v) is 3.01. The van der Waals surface area contributed by atoms with Gasteiger partial charge in [-0.05, 0) is 25.1 Å². The number of nitrogen functional groups attached to an aromatic ring is 1. The minimum Gasteiger partial charge on any atom is -0.399 e. The third-order valence-electron chi connectivity index (χ3n) is 3.01. The first-order valence-corrected chi connectivity index (χ1v) is 6.02. The van der Waals surface area contributed by atoms with Gasteiger partial charge in [0.25, 0.3) is 0 Å². The number of hydrogen-bond donors (Lipinski definition) is 2. The van der Waals surface area contributed by atoms with Gasteiger partial charge in [0.05, 0.1) is 11.0 Å². The van der Waals surface area contributed by atoms with Gasteiger partial charge in [-0.3, -0.25) is 9.25 Å². The summed E-state index contributed by atoms with van der Waals surface area (Å²) in [6, 6.07) is 7.37. The quantitative estimate of drug-likeness (QED) is 0.680. The average molecular weight is 257 g/mol. The van der Waals surface area contributed by atoms with Crippen LogP contribution in [0.25, 0.3) is 16.9 Å². The van der Waals surface area contributed by atoms with E-state index in [1.54, 1.807) is 17.7 Å². The molecule has 19 heavy (non-hydrogen) atoms. The number of rotatable bonds is 2. The predicted molar refractivity (Wildman–Crippen MR) is 72.9 cm³/mol. The largest absolute Gasteiger partial charge is 0.399 e. The lowest BCUT2D eigenvalue weighted by molar-refractivity contribution is 0.187. The summed E-state index contributed by atoms with van der Waals surface area (Å²) in [4.78, 5) is 4.44. The zero-order valence-electron chi connectivity index (χ0n) is 10.8. The maximum Gasteiger partial charge on any atom is 0.160 e. The highest BCUT2D eigenvalue weighted by Crippen LogP contribution is 2.25. The van der Waals surface area contributed by atoms with Crippen molar-refractivity contribution in [1.29, 1.82) is 0 Å². The van der Waals surface area contributed by atoms with Gasteiger partial charge in [-0.1, -0.05) is 0 Å². The van der Waals surface area contributed by atoms with Gasteiger partial charge in [0.2, 0.25) is 0 Å². The van der Waals surface area contributed by atoms with Crippen LogP contribution in [-0.4, -0.2) is 24.4 Å². The van der Waals surface area contributed by atoms with Crippen molar-refractivity contribution < 1.29 is 5.11 Å². The molecule has 6 heteroatoms. The van der Waals surface area contributed by atoms with E-state index in [-0.39, 0.29) is 0 Å². The molecule has 2 heterocycles. The first kappa shape index (κ1) is 11.7. The van der Waals surface area contributed by atoms with Crippen LogP contribution in [0, 0.1) is 0 Å². The lowest BCUT2D eigenvalue weighted by Crippen LogP contribution is -2.05. The molecule has 0 aliphatic heterocycles. The summed E-state index contributed by atoms with van der Waals surface area (Å²) in [6.45, 7) is 1.68. The minimum atomic E-state index is -0.685. The molecule has 2 aromatic heterocycles. The molecule has 0 bridgehead atoms. The lowest BCUT2D eigenvalue weighted by atomic mass is 10.3. The van der Waals surface area contributed by atoms with Crippen LogP contribution in [0.2, 0.25) is 0 Å². The van der Waals surface area contributed by atoms with Crippen LogP contribution in [0.3, 0.4) is 0 Å². The normalized spacial score (nSPS) is 13.0. The molecule has 6 nitrogen and oxygen atoms in total. The summed E-state index contributed by atoms with van der Waals surface area (Å²) in [5.41, 5.74) is 8.05. The molecule has 0 fully saturated rings. The number of benzene rings is 1. The van der Waals surface area contributed by atoms with E-state index in [2.05, 4.69) is 10.1 Å². The highest BCUT2D eigenvalue weighted by atomic mass is 16.3. The molecule has 1 unspecified atom stereocenters. The number of aryl methyl sites for hydroxylation is 1. The lowest BCUT2D eigenvalue weighted by Gasteiger charge is -2.07. The number of imidazole rings is 1. The fourth-order valence-electron chi connectivity index (χ4n) is 2.16. The van der Waals surface area contributed by atoms with E-state index in [4.69, 9.17) is 5.73 Å². The Kier molecular flexibility index (Phi) is 2.53. The Morgan fingerprint density at radius 3 is 2.74 bits per heavy atom. The van der Waals surface area contributed by atoms with Crippen LogP contribution in [0.1, 0.15) is 18.9 Å². The second-order valence-corrected chi connectivity index (χ2v) is 4.58. The van der Waals surface area contributed by atoms with Crippen LogP contribution in [-0.2, 0) is 7.05 Å².